The molecule has 3 unspecified atom stereocenters. The molecule has 42 heavy (non-hydrogen) atoms. The molecule has 3 heterocycles. The SMILES string of the molecule is O=C(NC(CC1CC1)C(=O)N1CCC2C1C(=O)CN2S(=O)(=O)c1cccc[n+]1[O-])c1ccc(Oc2ccccc2)cc1. The van der Waals surface area contributed by atoms with Gasteiger partial charge in [-0.25, -0.2) is 8.42 Å². The van der Waals surface area contributed by atoms with E-state index < -0.39 is 57.3 Å². The monoisotopic (exact) mass is 590 g/mol. The Labute approximate surface area is 243 Å². The quantitative estimate of drug-likeness (QED) is 0.298. The molecule has 3 atom stereocenters. The number of pyridine rings is 1. The molecule has 3 fully saturated rings. The van der Waals surface area contributed by atoms with E-state index in [1.54, 1.807) is 24.3 Å². The second-order valence-electron chi connectivity index (χ2n) is 10.9. The Morgan fingerprint density at radius 1 is 0.976 bits per heavy atom. The van der Waals surface area contributed by atoms with Crippen molar-refractivity contribution in [1.82, 2.24) is 14.5 Å². The van der Waals surface area contributed by atoms with Crippen molar-refractivity contribution in [3.63, 3.8) is 0 Å². The Morgan fingerprint density at radius 3 is 2.36 bits per heavy atom. The number of rotatable bonds is 9. The number of carbonyl (C=O) groups is 3. The van der Waals surface area contributed by atoms with Crippen LogP contribution in [0.3, 0.4) is 0 Å². The molecule has 2 amide bonds. The second-order valence-corrected chi connectivity index (χ2v) is 12.7. The molecular formula is C30H30N4O7S. The molecule has 1 aromatic heterocycles. The molecule has 0 radical (unpaired) electrons. The summed E-state index contributed by atoms with van der Waals surface area (Å²) < 4.78 is 33.7. The number of ketones is 1. The van der Waals surface area contributed by atoms with Crippen molar-refractivity contribution < 1.29 is 32.3 Å². The number of carbonyl (C=O) groups excluding carboxylic acids is 3. The zero-order chi connectivity index (χ0) is 29.4. The number of nitrogens with one attached hydrogen (secondary N) is 1. The molecule has 2 aromatic carbocycles. The predicted molar refractivity (Wildman–Crippen MR) is 150 cm³/mol. The van der Waals surface area contributed by atoms with E-state index in [0.717, 1.165) is 23.3 Å². The summed E-state index contributed by atoms with van der Waals surface area (Å²) in [6.45, 7) is -0.256. The molecule has 0 bridgehead atoms. The lowest BCUT2D eigenvalue weighted by molar-refractivity contribution is -0.646. The molecule has 218 valence electrons. The average Bonchev–Trinajstić information content (AvgIpc) is 3.59. The number of hydrogen-bond acceptors (Lipinski definition) is 7. The molecule has 12 heteroatoms. The van der Waals surface area contributed by atoms with Gasteiger partial charge in [-0.1, -0.05) is 31.0 Å². The van der Waals surface area contributed by atoms with Crippen molar-refractivity contribution in [2.45, 2.75) is 48.8 Å². The van der Waals surface area contributed by atoms with Gasteiger partial charge in [-0.2, -0.15) is 9.04 Å². The van der Waals surface area contributed by atoms with Crippen molar-refractivity contribution >= 4 is 27.6 Å². The number of likely N-dealkylation sites (tertiary alicyclic amines) is 1. The number of nitrogens with zero attached hydrogens (tertiary/aromatic N) is 3. The molecule has 1 aliphatic carbocycles. The molecule has 11 nitrogen and oxygen atoms in total. The normalized spacial score (nSPS) is 21.1. The van der Waals surface area contributed by atoms with Gasteiger partial charge in [0.1, 0.15) is 23.6 Å². The lowest BCUT2D eigenvalue weighted by Gasteiger charge is -2.28. The van der Waals surface area contributed by atoms with Crippen LogP contribution in [0.15, 0.2) is 84.0 Å². The van der Waals surface area contributed by atoms with Crippen molar-refractivity contribution in [2.24, 2.45) is 5.92 Å². The summed E-state index contributed by atoms with van der Waals surface area (Å²) in [6.07, 6.45) is 3.68. The van der Waals surface area contributed by atoms with E-state index in [2.05, 4.69) is 5.32 Å². The Bertz CT molecular complexity index is 1610. The molecule has 3 aromatic rings. The number of para-hydroxylation sites is 1. The Morgan fingerprint density at radius 2 is 1.67 bits per heavy atom. The first kappa shape index (κ1) is 27.9. The highest BCUT2D eigenvalue weighted by Crippen LogP contribution is 2.37. The Hall–Kier alpha value is -4.29. The van der Waals surface area contributed by atoms with Crippen LogP contribution in [0.2, 0.25) is 0 Å². The van der Waals surface area contributed by atoms with Crippen LogP contribution in [0.25, 0.3) is 0 Å². The summed E-state index contributed by atoms with van der Waals surface area (Å²) in [5.41, 5.74) is 0.353. The highest BCUT2D eigenvalue weighted by atomic mass is 32.2. The molecule has 2 aliphatic heterocycles. The van der Waals surface area contributed by atoms with Gasteiger partial charge in [0.25, 0.3) is 5.91 Å². The number of fused-ring (bicyclic) bond motifs is 1. The molecule has 2 saturated heterocycles. The maximum Gasteiger partial charge on any atom is 0.323 e. The zero-order valence-electron chi connectivity index (χ0n) is 22.7. The van der Waals surface area contributed by atoms with E-state index in [1.165, 1.54) is 23.1 Å². The first-order valence-corrected chi connectivity index (χ1v) is 15.3. The highest BCUT2D eigenvalue weighted by Gasteiger charge is 2.55. The minimum Gasteiger partial charge on any atom is -0.618 e. The number of sulfonamides is 1. The van der Waals surface area contributed by atoms with E-state index in [9.17, 15) is 28.0 Å². The Balaban J connectivity index is 1.16. The minimum absolute atomic E-state index is 0.167. The van der Waals surface area contributed by atoms with E-state index in [0.29, 0.717) is 29.4 Å². The number of aromatic nitrogens is 1. The van der Waals surface area contributed by atoms with Gasteiger partial charge in [0, 0.05) is 24.2 Å². The summed E-state index contributed by atoms with van der Waals surface area (Å²) in [6, 6.07) is 17.3. The van der Waals surface area contributed by atoms with E-state index in [4.69, 9.17) is 4.74 Å². The molecule has 3 aliphatic rings. The van der Waals surface area contributed by atoms with Gasteiger partial charge in [-0.15, -0.1) is 0 Å². The van der Waals surface area contributed by atoms with Crippen molar-refractivity contribution in [1.29, 1.82) is 0 Å². The Kier molecular flexibility index (Phi) is 7.42. The summed E-state index contributed by atoms with van der Waals surface area (Å²) in [4.78, 5) is 41.5. The van der Waals surface area contributed by atoms with Crippen molar-refractivity contribution in [2.75, 3.05) is 13.1 Å². The van der Waals surface area contributed by atoms with Crippen LogP contribution < -0.4 is 14.8 Å². The van der Waals surface area contributed by atoms with Crippen LogP contribution >= 0.6 is 0 Å². The van der Waals surface area contributed by atoms with Crippen LogP contribution in [0.5, 0.6) is 11.5 Å². The van der Waals surface area contributed by atoms with Crippen LogP contribution in [0.1, 0.15) is 36.0 Å². The molecule has 1 N–H and O–H groups in total. The fourth-order valence-corrected chi connectivity index (χ4v) is 7.38. The molecule has 6 rings (SSSR count). The van der Waals surface area contributed by atoms with Crippen LogP contribution in [0, 0.1) is 11.1 Å². The standard InChI is InChI=1S/C30H30N4O7S/c35-26-19-34(42(39,40)27-8-4-5-16-33(27)38)25-15-17-32(28(25)26)30(37)24(18-20-9-10-20)31-29(36)21-11-13-23(14-12-21)41-22-6-2-1-3-7-22/h1-8,11-14,16,20,24-25,28H,9-10,15,17-19H2,(H,31,36). The smallest absolute Gasteiger partial charge is 0.323 e. The third-order valence-electron chi connectivity index (χ3n) is 7.99. The van der Waals surface area contributed by atoms with E-state index in [1.807, 2.05) is 30.3 Å². The van der Waals surface area contributed by atoms with Gasteiger partial charge >= 0.3 is 15.0 Å². The second kappa shape index (κ2) is 11.2. The molecular weight excluding hydrogens is 560 g/mol. The van der Waals surface area contributed by atoms with Gasteiger partial charge in [-0.05, 0) is 61.2 Å². The van der Waals surface area contributed by atoms with Gasteiger partial charge in [0.15, 0.2) is 12.0 Å². The summed E-state index contributed by atoms with van der Waals surface area (Å²) in [5.74, 6) is 0.274. The van der Waals surface area contributed by atoms with Crippen LogP contribution in [-0.4, -0.2) is 66.4 Å². The lowest BCUT2D eigenvalue weighted by atomic mass is 10.1. The maximum absolute atomic E-state index is 13.8. The molecule has 0 spiro atoms. The average molecular weight is 591 g/mol. The highest BCUT2D eigenvalue weighted by molar-refractivity contribution is 7.89. The topological polar surface area (TPSA) is 140 Å². The third kappa shape index (κ3) is 5.47. The van der Waals surface area contributed by atoms with Gasteiger partial charge in [0.2, 0.25) is 5.91 Å². The maximum atomic E-state index is 13.8. The zero-order valence-corrected chi connectivity index (χ0v) is 23.5. The fraction of sp³-hybridized carbons (Fsp3) is 0.333. The van der Waals surface area contributed by atoms with Crippen LogP contribution in [0.4, 0.5) is 0 Å². The third-order valence-corrected chi connectivity index (χ3v) is 9.85. The fourth-order valence-electron chi connectivity index (χ4n) is 5.72. The lowest BCUT2D eigenvalue weighted by Crippen LogP contribution is -2.52. The van der Waals surface area contributed by atoms with Crippen molar-refractivity contribution in [3.05, 3.63) is 89.8 Å². The van der Waals surface area contributed by atoms with Crippen molar-refractivity contribution in [3.8, 4) is 11.5 Å². The largest absolute Gasteiger partial charge is 0.618 e. The van der Waals surface area contributed by atoms with E-state index in [-0.39, 0.29) is 17.7 Å². The minimum atomic E-state index is -4.27. The summed E-state index contributed by atoms with van der Waals surface area (Å²) in [5, 5.41) is 14.6. The van der Waals surface area contributed by atoms with Gasteiger partial charge in [0.05, 0.1) is 12.6 Å². The van der Waals surface area contributed by atoms with Crippen LogP contribution in [-0.2, 0) is 19.6 Å². The number of hydrogen-bond donors (Lipinski definition) is 1. The molecule has 1 saturated carbocycles. The van der Waals surface area contributed by atoms with E-state index >= 15 is 0 Å². The van der Waals surface area contributed by atoms with Gasteiger partial charge < -0.3 is 20.2 Å². The summed E-state index contributed by atoms with van der Waals surface area (Å²) in [7, 11) is -4.27. The summed E-state index contributed by atoms with van der Waals surface area (Å²) >= 11 is 0. The number of benzene rings is 2. The number of ether oxygens (including phenoxy) is 1. The predicted octanol–water partition coefficient (Wildman–Crippen LogP) is 2.25. The van der Waals surface area contributed by atoms with Gasteiger partial charge in [-0.3, -0.25) is 14.4 Å². The number of Topliss-reactive ketones (excluding diaryl/α,β-unsaturated/α-hetero) is 1. The first-order valence-electron chi connectivity index (χ1n) is 13.9. The first-order chi connectivity index (χ1) is 20.2. The number of amides is 2.